The second kappa shape index (κ2) is 10.4. The molecule has 1 amide bonds. The molecule has 4 rings (SSSR count). The number of likely N-dealkylation sites (tertiary alicyclic amines) is 1. The van der Waals surface area contributed by atoms with Gasteiger partial charge in [0.05, 0.1) is 17.2 Å². The average Bonchev–Trinajstić information content (AvgIpc) is 3.13. The second-order valence-electron chi connectivity index (χ2n) is 11.2. The van der Waals surface area contributed by atoms with Gasteiger partial charge >= 0.3 is 5.97 Å². The third-order valence-electron chi connectivity index (χ3n) is 7.18. The number of anilines is 1. The summed E-state index contributed by atoms with van der Waals surface area (Å²) in [6.07, 6.45) is 0. The van der Waals surface area contributed by atoms with E-state index < -0.39 is 23.7 Å². The summed E-state index contributed by atoms with van der Waals surface area (Å²) in [4.78, 5) is 41.6. The minimum atomic E-state index is -1.05. The number of rotatable bonds is 6. The zero-order chi connectivity index (χ0) is 28.6. The molecule has 0 radical (unpaired) electrons. The third kappa shape index (κ3) is 5.43. The number of carbonyl (C=O) groups excluding carboxylic acids is 2. The number of aliphatic hydroxyl groups is 1. The molecule has 1 fully saturated rings. The summed E-state index contributed by atoms with van der Waals surface area (Å²) in [7, 11) is 3.85. The summed E-state index contributed by atoms with van der Waals surface area (Å²) in [6.45, 7) is 8.15. The van der Waals surface area contributed by atoms with Crippen molar-refractivity contribution in [2.24, 2.45) is 0 Å². The number of aryl methyl sites for hydroxylation is 1. The van der Waals surface area contributed by atoms with Crippen LogP contribution in [0.15, 0.2) is 72.3 Å². The molecule has 0 bridgehead atoms. The first-order valence-corrected chi connectivity index (χ1v) is 12.8. The lowest BCUT2D eigenvalue weighted by molar-refractivity contribution is -0.140. The highest BCUT2D eigenvalue weighted by Gasteiger charge is 2.46. The van der Waals surface area contributed by atoms with Gasteiger partial charge in [0.2, 0.25) is 0 Å². The average molecular weight is 527 g/mol. The molecule has 39 heavy (non-hydrogen) atoms. The van der Waals surface area contributed by atoms with Gasteiger partial charge in [-0.1, -0.05) is 57.2 Å². The van der Waals surface area contributed by atoms with E-state index in [1.54, 1.807) is 12.1 Å². The van der Waals surface area contributed by atoms with Crippen molar-refractivity contribution in [3.8, 4) is 0 Å². The first-order valence-electron chi connectivity index (χ1n) is 12.8. The van der Waals surface area contributed by atoms with Crippen molar-refractivity contribution in [1.29, 1.82) is 0 Å². The first-order chi connectivity index (χ1) is 18.3. The fourth-order valence-electron chi connectivity index (χ4n) is 4.78. The molecule has 0 spiro atoms. The Balaban J connectivity index is 1.88. The van der Waals surface area contributed by atoms with Crippen LogP contribution in [0.4, 0.5) is 5.69 Å². The molecule has 7 nitrogen and oxygen atoms in total. The van der Waals surface area contributed by atoms with Crippen molar-refractivity contribution < 1.29 is 24.6 Å². The number of hydrogen-bond donors (Lipinski definition) is 2. The Morgan fingerprint density at radius 1 is 0.923 bits per heavy atom. The monoisotopic (exact) mass is 526 g/mol. The van der Waals surface area contributed by atoms with Gasteiger partial charge in [0.15, 0.2) is 0 Å². The molecular formula is C32H34N2O5. The van der Waals surface area contributed by atoms with Crippen LogP contribution in [-0.4, -0.2) is 46.9 Å². The summed E-state index contributed by atoms with van der Waals surface area (Å²) in [5.74, 6) is -2.72. The number of benzene rings is 3. The van der Waals surface area contributed by atoms with E-state index in [0.29, 0.717) is 16.7 Å². The Bertz CT molecular complexity index is 1460. The molecule has 1 aliphatic heterocycles. The Morgan fingerprint density at radius 3 is 2.08 bits per heavy atom. The van der Waals surface area contributed by atoms with E-state index in [0.717, 1.165) is 16.8 Å². The number of nitrogens with zero attached hydrogens (tertiary/aromatic N) is 2. The minimum Gasteiger partial charge on any atom is -0.507 e. The topological polar surface area (TPSA) is 98.2 Å². The van der Waals surface area contributed by atoms with Crippen LogP contribution in [0.1, 0.15) is 65.0 Å². The summed E-state index contributed by atoms with van der Waals surface area (Å²) >= 11 is 0. The number of carboxylic acids is 1. The zero-order valence-electron chi connectivity index (χ0n) is 23.1. The maximum Gasteiger partial charge on any atom is 0.335 e. The van der Waals surface area contributed by atoms with Crippen molar-refractivity contribution in [3.05, 3.63) is 106 Å². The smallest absolute Gasteiger partial charge is 0.335 e. The van der Waals surface area contributed by atoms with E-state index in [9.17, 15) is 24.6 Å². The molecule has 0 aliphatic carbocycles. The van der Waals surface area contributed by atoms with Gasteiger partial charge in [0, 0.05) is 31.9 Å². The van der Waals surface area contributed by atoms with Gasteiger partial charge in [-0.15, -0.1) is 0 Å². The second-order valence-corrected chi connectivity index (χ2v) is 11.2. The van der Waals surface area contributed by atoms with Crippen LogP contribution in [0, 0.1) is 6.92 Å². The van der Waals surface area contributed by atoms with Crippen LogP contribution in [0.5, 0.6) is 0 Å². The van der Waals surface area contributed by atoms with Gasteiger partial charge in [-0.2, -0.15) is 0 Å². The SMILES string of the molecule is Cc1ccc(C(C)(C)C)cc1/C(O)=C1\C(=O)C(=O)N(Cc2ccc(C(=O)O)cc2)C1c1ccc(N(C)C)cc1. The maximum absolute atomic E-state index is 13.5. The number of hydrogen-bond acceptors (Lipinski definition) is 5. The summed E-state index contributed by atoms with van der Waals surface area (Å²) in [5, 5.41) is 20.9. The Hall–Kier alpha value is -4.39. The van der Waals surface area contributed by atoms with E-state index in [1.165, 1.54) is 17.0 Å². The van der Waals surface area contributed by atoms with Gasteiger partial charge in [-0.05, 0) is 64.9 Å². The minimum absolute atomic E-state index is 0.0360. The number of ketones is 1. The summed E-state index contributed by atoms with van der Waals surface area (Å²) < 4.78 is 0. The van der Waals surface area contributed by atoms with Crippen LogP contribution in [0.25, 0.3) is 5.76 Å². The predicted octanol–water partition coefficient (Wildman–Crippen LogP) is 5.68. The summed E-state index contributed by atoms with van der Waals surface area (Å²) in [6, 6.07) is 18.7. The number of carbonyl (C=O) groups is 3. The highest BCUT2D eigenvalue weighted by Crippen LogP contribution is 2.41. The van der Waals surface area contributed by atoms with Gasteiger partial charge in [0.25, 0.3) is 11.7 Å². The quantitative estimate of drug-likeness (QED) is 0.244. The van der Waals surface area contributed by atoms with Crippen LogP contribution in [-0.2, 0) is 21.5 Å². The number of Topliss-reactive ketones (excluding diaryl/α,β-unsaturated/α-hetero) is 1. The predicted molar refractivity (Wildman–Crippen MR) is 152 cm³/mol. The molecule has 3 aromatic carbocycles. The number of carboxylic acid groups (broad SMARTS) is 1. The molecule has 7 heteroatoms. The first kappa shape index (κ1) is 27.6. The molecule has 0 saturated carbocycles. The fraction of sp³-hybridized carbons (Fsp3) is 0.281. The van der Waals surface area contributed by atoms with Crippen molar-refractivity contribution >= 4 is 29.1 Å². The third-order valence-corrected chi connectivity index (χ3v) is 7.18. The van der Waals surface area contributed by atoms with Crippen LogP contribution < -0.4 is 4.90 Å². The molecule has 0 aromatic heterocycles. The van der Waals surface area contributed by atoms with E-state index in [2.05, 4.69) is 20.8 Å². The lowest BCUT2D eigenvalue weighted by atomic mass is 9.84. The van der Waals surface area contributed by atoms with Crippen molar-refractivity contribution in [3.63, 3.8) is 0 Å². The Kier molecular flexibility index (Phi) is 7.37. The molecule has 2 N–H and O–H groups in total. The lowest BCUT2D eigenvalue weighted by Gasteiger charge is -2.26. The highest BCUT2D eigenvalue weighted by molar-refractivity contribution is 6.46. The number of aromatic carboxylic acids is 1. The molecule has 1 unspecified atom stereocenters. The van der Waals surface area contributed by atoms with Gasteiger partial charge in [0.1, 0.15) is 5.76 Å². The van der Waals surface area contributed by atoms with E-state index >= 15 is 0 Å². The molecule has 202 valence electrons. The van der Waals surface area contributed by atoms with E-state index in [-0.39, 0.29) is 28.9 Å². The maximum atomic E-state index is 13.5. The van der Waals surface area contributed by atoms with Gasteiger partial charge < -0.3 is 20.0 Å². The normalized spacial score (nSPS) is 17.0. The number of amides is 1. The molecule has 1 heterocycles. The van der Waals surface area contributed by atoms with Crippen molar-refractivity contribution in [2.45, 2.75) is 45.7 Å². The Morgan fingerprint density at radius 2 is 1.54 bits per heavy atom. The van der Waals surface area contributed by atoms with Crippen LogP contribution in [0.3, 0.4) is 0 Å². The van der Waals surface area contributed by atoms with E-state index in [1.807, 2.05) is 68.4 Å². The molecular weight excluding hydrogens is 492 g/mol. The van der Waals surface area contributed by atoms with E-state index in [4.69, 9.17) is 0 Å². The fourth-order valence-corrected chi connectivity index (χ4v) is 4.78. The van der Waals surface area contributed by atoms with Crippen molar-refractivity contribution in [2.75, 3.05) is 19.0 Å². The zero-order valence-corrected chi connectivity index (χ0v) is 23.1. The Labute approximate surface area is 229 Å². The largest absolute Gasteiger partial charge is 0.507 e. The summed E-state index contributed by atoms with van der Waals surface area (Å²) in [5.41, 5.74) is 4.59. The van der Waals surface area contributed by atoms with Gasteiger partial charge in [-0.3, -0.25) is 9.59 Å². The van der Waals surface area contributed by atoms with Crippen LogP contribution in [0.2, 0.25) is 0 Å². The molecule has 3 aromatic rings. The van der Waals surface area contributed by atoms with Crippen molar-refractivity contribution in [1.82, 2.24) is 4.90 Å². The molecule has 1 saturated heterocycles. The highest BCUT2D eigenvalue weighted by atomic mass is 16.4. The molecule has 1 atom stereocenters. The number of aliphatic hydroxyl groups excluding tert-OH is 1. The molecule has 1 aliphatic rings. The van der Waals surface area contributed by atoms with Gasteiger partial charge in [-0.25, -0.2) is 4.79 Å². The van der Waals surface area contributed by atoms with Crippen LogP contribution >= 0.6 is 0 Å². The lowest BCUT2D eigenvalue weighted by Crippen LogP contribution is -2.29. The standard InChI is InChI=1S/C32H34N2O5/c1-19-7-14-23(32(2,3)4)17-25(19)28(35)26-27(21-12-15-24(16-13-21)33(5)6)34(30(37)29(26)36)18-20-8-10-22(11-9-20)31(38)39/h7-17,27,35H,18H2,1-6H3,(H,38,39)/b28-26+.